The van der Waals surface area contributed by atoms with Crippen molar-refractivity contribution in [3.8, 4) is 0 Å². The molecule has 0 amide bonds. The summed E-state index contributed by atoms with van der Waals surface area (Å²) in [5, 5.41) is 10.5. The Kier molecular flexibility index (Phi) is 7.79. The number of hydrogen-bond donors (Lipinski definition) is 2. The minimum Gasteiger partial charge on any atom is -0.363 e. The standard InChI is InChI=1S/C22H29FN4S.HI/c1-2-24-21(25-16-22(11-12-22)17-5-7-18(23)8-6-17)26-19-9-13-27(14-10-19)20-4-3-15-28-20;/h3-8,15,19H,2,9-14,16H2,1H3,(H2,24,25,26);1H. The zero-order valence-corrected chi connectivity index (χ0v) is 20.0. The summed E-state index contributed by atoms with van der Waals surface area (Å²) in [5.41, 5.74) is 1.30. The van der Waals surface area contributed by atoms with Gasteiger partial charge in [0.05, 0.1) is 11.5 Å². The first-order valence-corrected chi connectivity index (χ1v) is 11.2. The lowest BCUT2D eigenvalue weighted by Gasteiger charge is -2.33. The molecule has 0 bridgehead atoms. The van der Waals surface area contributed by atoms with Crippen molar-refractivity contribution < 1.29 is 4.39 Å². The molecule has 2 aromatic rings. The molecule has 29 heavy (non-hydrogen) atoms. The number of benzene rings is 1. The first kappa shape index (κ1) is 22.3. The second-order valence-electron chi connectivity index (χ2n) is 7.84. The van der Waals surface area contributed by atoms with E-state index in [1.807, 2.05) is 23.5 Å². The van der Waals surface area contributed by atoms with E-state index in [1.54, 1.807) is 12.1 Å². The average Bonchev–Trinajstić information content (AvgIpc) is 3.30. The Morgan fingerprint density at radius 2 is 1.93 bits per heavy atom. The third-order valence-corrected chi connectivity index (χ3v) is 6.78. The SMILES string of the molecule is CCNC(=NCC1(c2ccc(F)cc2)CC1)NC1CCN(c2cccs2)CC1.I. The van der Waals surface area contributed by atoms with E-state index in [4.69, 9.17) is 4.99 Å². The normalized spacial score (nSPS) is 18.8. The highest BCUT2D eigenvalue weighted by molar-refractivity contribution is 14.0. The van der Waals surface area contributed by atoms with Crippen molar-refractivity contribution in [1.82, 2.24) is 10.6 Å². The van der Waals surface area contributed by atoms with Gasteiger partial charge in [-0.3, -0.25) is 4.99 Å². The molecule has 1 aromatic carbocycles. The molecule has 0 unspecified atom stereocenters. The van der Waals surface area contributed by atoms with Crippen LogP contribution in [-0.4, -0.2) is 38.2 Å². The summed E-state index contributed by atoms with van der Waals surface area (Å²) in [4.78, 5) is 7.37. The summed E-state index contributed by atoms with van der Waals surface area (Å²) >= 11 is 1.82. The monoisotopic (exact) mass is 528 g/mol. The van der Waals surface area contributed by atoms with Crippen LogP contribution in [0, 0.1) is 5.82 Å². The maximum absolute atomic E-state index is 13.2. The van der Waals surface area contributed by atoms with Crippen LogP contribution >= 0.6 is 35.3 Å². The predicted octanol–water partition coefficient (Wildman–Crippen LogP) is 4.76. The van der Waals surface area contributed by atoms with Crippen LogP contribution in [0.1, 0.15) is 38.2 Å². The van der Waals surface area contributed by atoms with Crippen LogP contribution in [0.25, 0.3) is 0 Å². The maximum Gasteiger partial charge on any atom is 0.191 e. The van der Waals surface area contributed by atoms with Crippen molar-refractivity contribution in [2.24, 2.45) is 4.99 Å². The molecule has 2 heterocycles. The summed E-state index contributed by atoms with van der Waals surface area (Å²) in [5.74, 6) is 0.734. The van der Waals surface area contributed by atoms with Gasteiger partial charge < -0.3 is 15.5 Å². The number of anilines is 1. The number of aliphatic imine (C=N–C) groups is 1. The van der Waals surface area contributed by atoms with E-state index >= 15 is 0 Å². The Hall–Kier alpha value is -1.35. The van der Waals surface area contributed by atoms with Crippen LogP contribution < -0.4 is 15.5 Å². The summed E-state index contributed by atoms with van der Waals surface area (Å²) in [6.07, 6.45) is 4.48. The zero-order valence-electron chi connectivity index (χ0n) is 16.9. The summed E-state index contributed by atoms with van der Waals surface area (Å²) in [6, 6.07) is 11.7. The first-order valence-electron chi connectivity index (χ1n) is 10.3. The van der Waals surface area contributed by atoms with Crippen LogP contribution in [0.3, 0.4) is 0 Å². The number of guanidine groups is 1. The number of rotatable bonds is 6. The summed E-state index contributed by atoms with van der Waals surface area (Å²) < 4.78 is 13.2. The Labute approximate surface area is 194 Å². The van der Waals surface area contributed by atoms with Gasteiger partial charge in [0.25, 0.3) is 0 Å². The summed E-state index contributed by atoms with van der Waals surface area (Å²) in [7, 11) is 0. The van der Waals surface area contributed by atoms with Gasteiger partial charge >= 0.3 is 0 Å². The highest BCUT2D eigenvalue weighted by atomic mass is 127. The minimum absolute atomic E-state index is 0. The number of nitrogens with one attached hydrogen (secondary N) is 2. The van der Waals surface area contributed by atoms with E-state index in [0.29, 0.717) is 6.04 Å². The molecular formula is C22H30FIN4S. The lowest BCUT2D eigenvalue weighted by Crippen LogP contribution is -2.48. The highest BCUT2D eigenvalue weighted by Crippen LogP contribution is 2.48. The number of piperidine rings is 1. The largest absolute Gasteiger partial charge is 0.363 e. The fraction of sp³-hybridized carbons (Fsp3) is 0.500. The first-order chi connectivity index (χ1) is 13.7. The van der Waals surface area contributed by atoms with E-state index in [2.05, 4.69) is 40.0 Å². The Morgan fingerprint density at radius 1 is 1.21 bits per heavy atom. The quantitative estimate of drug-likeness (QED) is 0.323. The Morgan fingerprint density at radius 3 is 2.52 bits per heavy atom. The molecule has 4 nitrogen and oxygen atoms in total. The molecule has 1 saturated heterocycles. The molecule has 0 atom stereocenters. The molecule has 1 saturated carbocycles. The van der Waals surface area contributed by atoms with Crippen LogP contribution in [-0.2, 0) is 5.41 Å². The molecule has 1 aliphatic carbocycles. The molecule has 0 radical (unpaired) electrons. The van der Waals surface area contributed by atoms with Gasteiger partial charge in [0.1, 0.15) is 5.82 Å². The van der Waals surface area contributed by atoms with Crippen LogP contribution in [0.15, 0.2) is 46.8 Å². The third kappa shape index (κ3) is 5.63. The maximum atomic E-state index is 13.2. The zero-order chi connectivity index (χ0) is 19.4. The van der Waals surface area contributed by atoms with Gasteiger partial charge in [-0.15, -0.1) is 35.3 Å². The van der Waals surface area contributed by atoms with Crippen molar-refractivity contribution in [2.45, 2.75) is 44.1 Å². The fourth-order valence-corrected chi connectivity index (χ4v) is 4.72. The lowest BCUT2D eigenvalue weighted by molar-refractivity contribution is 0.462. The van der Waals surface area contributed by atoms with Gasteiger partial charge in [-0.25, -0.2) is 4.39 Å². The number of hydrogen-bond acceptors (Lipinski definition) is 3. The molecule has 1 aliphatic heterocycles. The van der Waals surface area contributed by atoms with Gasteiger partial charge in [-0.2, -0.15) is 0 Å². The van der Waals surface area contributed by atoms with Gasteiger partial charge in [-0.05, 0) is 67.8 Å². The fourth-order valence-electron chi connectivity index (χ4n) is 3.93. The van der Waals surface area contributed by atoms with E-state index in [1.165, 1.54) is 10.6 Å². The second-order valence-corrected chi connectivity index (χ2v) is 8.77. The molecule has 158 valence electrons. The number of nitrogens with zero attached hydrogens (tertiary/aromatic N) is 2. The highest BCUT2D eigenvalue weighted by Gasteiger charge is 2.44. The van der Waals surface area contributed by atoms with Gasteiger partial charge in [0.2, 0.25) is 0 Å². The molecule has 2 N–H and O–H groups in total. The Balaban J connectivity index is 0.00000240. The predicted molar refractivity (Wildman–Crippen MR) is 131 cm³/mol. The molecule has 2 fully saturated rings. The molecule has 1 aromatic heterocycles. The van der Waals surface area contributed by atoms with E-state index in [0.717, 1.165) is 57.8 Å². The topological polar surface area (TPSA) is 39.7 Å². The molecule has 7 heteroatoms. The van der Waals surface area contributed by atoms with Crippen molar-refractivity contribution >= 4 is 46.3 Å². The molecular weight excluding hydrogens is 498 g/mol. The van der Waals surface area contributed by atoms with Crippen molar-refractivity contribution in [1.29, 1.82) is 0 Å². The molecule has 4 rings (SSSR count). The summed E-state index contributed by atoms with van der Waals surface area (Å²) in [6.45, 7) is 5.86. The lowest BCUT2D eigenvalue weighted by atomic mass is 9.96. The number of halogens is 2. The average molecular weight is 528 g/mol. The van der Waals surface area contributed by atoms with Crippen molar-refractivity contribution in [3.05, 3.63) is 53.2 Å². The number of thiophene rings is 1. The second kappa shape index (κ2) is 10.1. The van der Waals surface area contributed by atoms with Crippen LogP contribution in [0.5, 0.6) is 0 Å². The van der Waals surface area contributed by atoms with Crippen molar-refractivity contribution in [2.75, 3.05) is 31.1 Å². The smallest absolute Gasteiger partial charge is 0.191 e. The van der Waals surface area contributed by atoms with Gasteiger partial charge in [0.15, 0.2) is 5.96 Å². The van der Waals surface area contributed by atoms with Gasteiger partial charge in [-0.1, -0.05) is 12.1 Å². The Bertz CT molecular complexity index is 782. The van der Waals surface area contributed by atoms with E-state index < -0.39 is 0 Å². The third-order valence-electron chi connectivity index (χ3n) is 5.85. The van der Waals surface area contributed by atoms with E-state index in [-0.39, 0.29) is 35.2 Å². The molecule has 2 aliphatic rings. The minimum atomic E-state index is -0.174. The van der Waals surface area contributed by atoms with Crippen LogP contribution in [0.2, 0.25) is 0 Å². The molecule has 0 spiro atoms. The van der Waals surface area contributed by atoms with Gasteiger partial charge in [0, 0.05) is 31.1 Å². The van der Waals surface area contributed by atoms with Crippen LogP contribution in [0.4, 0.5) is 9.39 Å². The van der Waals surface area contributed by atoms with Crippen molar-refractivity contribution in [3.63, 3.8) is 0 Å². The van der Waals surface area contributed by atoms with E-state index in [9.17, 15) is 4.39 Å².